The Kier molecular flexibility index (Phi) is 5.29. The zero-order valence-corrected chi connectivity index (χ0v) is 17.5. The second kappa shape index (κ2) is 8.54. The summed E-state index contributed by atoms with van der Waals surface area (Å²) in [7, 11) is 0. The number of rotatable bonds is 5. The minimum absolute atomic E-state index is 0.251. The van der Waals surface area contributed by atoms with Gasteiger partial charge < -0.3 is 4.90 Å². The van der Waals surface area contributed by atoms with Crippen molar-refractivity contribution in [2.24, 2.45) is 0 Å². The van der Waals surface area contributed by atoms with E-state index in [0.717, 1.165) is 38.2 Å². The Morgan fingerprint density at radius 3 is 1.65 bits per heavy atom. The third-order valence-corrected chi connectivity index (χ3v) is 6.07. The van der Waals surface area contributed by atoms with Crippen molar-refractivity contribution in [1.82, 2.24) is 4.98 Å². The molecule has 0 aliphatic rings. The molecule has 1 aromatic heterocycles. The number of anilines is 3. The van der Waals surface area contributed by atoms with Crippen LogP contribution in [0.4, 0.5) is 20.8 Å². The minimum Gasteiger partial charge on any atom is -0.300 e. The Hall–Kier alpha value is -3.76. The van der Waals surface area contributed by atoms with Crippen molar-refractivity contribution in [3.05, 3.63) is 121 Å². The molecule has 0 spiro atoms. The SMILES string of the molecule is Fc1ccc(-c2nc(-c3ccccc3)c(N(c3ccccc3)c3ccccc3)s2)cc1. The highest BCUT2D eigenvalue weighted by Gasteiger charge is 2.22. The van der Waals surface area contributed by atoms with Gasteiger partial charge in [0, 0.05) is 22.5 Å². The van der Waals surface area contributed by atoms with Crippen molar-refractivity contribution in [2.45, 2.75) is 0 Å². The van der Waals surface area contributed by atoms with E-state index in [9.17, 15) is 4.39 Å². The Balaban J connectivity index is 1.74. The second-order valence-corrected chi connectivity index (χ2v) is 8.03. The fourth-order valence-electron chi connectivity index (χ4n) is 3.50. The van der Waals surface area contributed by atoms with Gasteiger partial charge in [0.25, 0.3) is 0 Å². The summed E-state index contributed by atoms with van der Waals surface area (Å²) < 4.78 is 13.5. The molecule has 0 saturated carbocycles. The van der Waals surface area contributed by atoms with Gasteiger partial charge in [0.15, 0.2) is 0 Å². The second-order valence-electron chi connectivity index (χ2n) is 7.05. The first-order valence-corrected chi connectivity index (χ1v) is 10.8. The largest absolute Gasteiger partial charge is 0.300 e. The molecule has 2 nitrogen and oxygen atoms in total. The van der Waals surface area contributed by atoms with Crippen molar-refractivity contribution in [1.29, 1.82) is 0 Å². The molecular formula is C27H19FN2S. The van der Waals surface area contributed by atoms with Crippen LogP contribution in [0.1, 0.15) is 0 Å². The zero-order chi connectivity index (χ0) is 21.0. The molecule has 0 N–H and O–H groups in total. The predicted molar refractivity (Wildman–Crippen MR) is 128 cm³/mol. The lowest BCUT2D eigenvalue weighted by Crippen LogP contribution is -2.09. The average Bonchev–Trinajstić information content (AvgIpc) is 3.27. The molecule has 0 radical (unpaired) electrons. The Labute approximate surface area is 184 Å². The molecule has 0 saturated heterocycles. The highest BCUT2D eigenvalue weighted by atomic mass is 32.1. The van der Waals surface area contributed by atoms with Gasteiger partial charge in [0.05, 0.1) is 0 Å². The molecule has 0 aliphatic heterocycles. The number of hydrogen-bond donors (Lipinski definition) is 0. The molecule has 0 aliphatic carbocycles. The van der Waals surface area contributed by atoms with E-state index in [0.29, 0.717) is 0 Å². The van der Waals surface area contributed by atoms with E-state index in [1.807, 2.05) is 54.6 Å². The molecular weight excluding hydrogens is 403 g/mol. The van der Waals surface area contributed by atoms with Crippen LogP contribution in [-0.2, 0) is 0 Å². The van der Waals surface area contributed by atoms with Crippen LogP contribution in [-0.4, -0.2) is 4.98 Å². The predicted octanol–water partition coefficient (Wildman–Crippen LogP) is 8.09. The molecule has 1 heterocycles. The summed E-state index contributed by atoms with van der Waals surface area (Å²) in [6.45, 7) is 0. The van der Waals surface area contributed by atoms with Gasteiger partial charge in [0.2, 0.25) is 0 Å². The van der Waals surface area contributed by atoms with E-state index in [-0.39, 0.29) is 5.82 Å². The van der Waals surface area contributed by atoms with Gasteiger partial charge in [-0.25, -0.2) is 9.37 Å². The highest BCUT2D eigenvalue weighted by Crippen LogP contribution is 2.46. The molecule has 31 heavy (non-hydrogen) atoms. The van der Waals surface area contributed by atoms with Gasteiger partial charge >= 0.3 is 0 Å². The van der Waals surface area contributed by atoms with Crippen molar-refractivity contribution in [3.8, 4) is 21.8 Å². The summed E-state index contributed by atoms with van der Waals surface area (Å²) in [4.78, 5) is 7.24. The first kappa shape index (κ1) is 19.2. The topological polar surface area (TPSA) is 16.1 Å². The Morgan fingerprint density at radius 2 is 1.10 bits per heavy atom. The maximum absolute atomic E-state index is 13.5. The molecule has 0 amide bonds. The quantitative estimate of drug-likeness (QED) is 0.284. The van der Waals surface area contributed by atoms with Gasteiger partial charge in [-0.15, -0.1) is 0 Å². The third-order valence-electron chi connectivity index (χ3n) is 4.98. The number of hydrogen-bond acceptors (Lipinski definition) is 3. The Bertz CT molecular complexity index is 1230. The Morgan fingerprint density at radius 1 is 0.581 bits per heavy atom. The van der Waals surface area contributed by atoms with E-state index < -0.39 is 0 Å². The summed E-state index contributed by atoms with van der Waals surface area (Å²) in [5, 5.41) is 1.87. The maximum Gasteiger partial charge on any atom is 0.129 e. The van der Waals surface area contributed by atoms with Crippen molar-refractivity contribution >= 4 is 27.7 Å². The molecule has 0 bridgehead atoms. The lowest BCUT2D eigenvalue weighted by Gasteiger charge is -2.24. The van der Waals surface area contributed by atoms with Crippen molar-refractivity contribution in [3.63, 3.8) is 0 Å². The normalized spacial score (nSPS) is 10.7. The van der Waals surface area contributed by atoms with Gasteiger partial charge in [-0.1, -0.05) is 78.1 Å². The van der Waals surface area contributed by atoms with Crippen molar-refractivity contribution < 1.29 is 4.39 Å². The van der Waals surface area contributed by atoms with Gasteiger partial charge in [-0.05, 0) is 48.5 Å². The summed E-state index contributed by atoms with van der Waals surface area (Å²) in [6, 6.07) is 37.3. The van der Waals surface area contributed by atoms with Crippen LogP contribution >= 0.6 is 11.3 Å². The van der Waals surface area contributed by atoms with Crippen LogP contribution in [0.3, 0.4) is 0 Å². The highest BCUT2D eigenvalue weighted by molar-refractivity contribution is 7.19. The van der Waals surface area contributed by atoms with Crippen LogP contribution < -0.4 is 4.90 Å². The molecule has 150 valence electrons. The summed E-state index contributed by atoms with van der Waals surface area (Å²) >= 11 is 1.60. The number of benzene rings is 4. The van der Waals surface area contributed by atoms with E-state index in [1.165, 1.54) is 12.1 Å². The van der Waals surface area contributed by atoms with Crippen LogP contribution in [0.15, 0.2) is 115 Å². The standard InChI is InChI=1S/C27H19FN2S/c28-22-18-16-21(17-19-22)26-29-25(20-10-4-1-5-11-20)27(31-26)30(23-12-6-2-7-13-23)24-14-8-3-9-15-24/h1-19H. The fourth-order valence-corrected chi connectivity index (χ4v) is 4.64. The molecule has 0 unspecified atom stereocenters. The number of thiazole rings is 1. The van der Waals surface area contributed by atoms with Gasteiger partial charge in [-0.3, -0.25) is 0 Å². The number of halogens is 1. The summed E-state index contributed by atoms with van der Waals surface area (Å²) in [5.41, 5.74) is 4.95. The first-order chi connectivity index (χ1) is 15.3. The molecule has 4 aromatic carbocycles. The summed E-state index contributed by atoms with van der Waals surface area (Å²) in [5.74, 6) is -0.251. The number of para-hydroxylation sites is 2. The monoisotopic (exact) mass is 422 g/mol. The van der Waals surface area contributed by atoms with Crippen molar-refractivity contribution in [2.75, 3.05) is 4.90 Å². The first-order valence-electron chi connectivity index (χ1n) is 10.0. The van der Waals surface area contributed by atoms with E-state index >= 15 is 0 Å². The molecule has 4 heteroatoms. The average molecular weight is 423 g/mol. The summed E-state index contributed by atoms with van der Waals surface area (Å²) in [6.07, 6.45) is 0. The van der Waals surface area contributed by atoms with E-state index in [1.54, 1.807) is 23.5 Å². The van der Waals surface area contributed by atoms with E-state index in [4.69, 9.17) is 4.98 Å². The molecule has 5 aromatic rings. The molecule has 0 atom stereocenters. The van der Waals surface area contributed by atoms with Crippen LogP contribution in [0.2, 0.25) is 0 Å². The number of nitrogens with zero attached hydrogens (tertiary/aromatic N) is 2. The zero-order valence-electron chi connectivity index (χ0n) is 16.7. The van der Waals surface area contributed by atoms with Crippen LogP contribution in [0.5, 0.6) is 0 Å². The van der Waals surface area contributed by atoms with Gasteiger partial charge in [0.1, 0.15) is 21.5 Å². The van der Waals surface area contributed by atoms with Crippen LogP contribution in [0.25, 0.3) is 21.8 Å². The lowest BCUT2D eigenvalue weighted by molar-refractivity contribution is 0.628. The molecule has 0 fully saturated rings. The van der Waals surface area contributed by atoms with Crippen LogP contribution in [0, 0.1) is 5.82 Å². The fraction of sp³-hybridized carbons (Fsp3) is 0. The lowest BCUT2D eigenvalue weighted by atomic mass is 10.1. The smallest absolute Gasteiger partial charge is 0.129 e. The molecule has 5 rings (SSSR count). The number of aromatic nitrogens is 1. The minimum atomic E-state index is -0.251. The van der Waals surface area contributed by atoms with Gasteiger partial charge in [-0.2, -0.15) is 0 Å². The van der Waals surface area contributed by atoms with E-state index in [2.05, 4.69) is 41.3 Å². The maximum atomic E-state index is 13.5. The third kappa shape index (κ3) is 3.98.